The molecular weight excluding hydrogens is 460 g/mol. The Morgan fingerprint density at radius 2 is 1.73 bits per heavy atom. The molecule has 0 bridgehead atoms. The average Bonchev–Trinajstić information content (AvgIpc) is 3.01. The molecule has 0 aromatic heterocycles. The van der Waals surface area contributed by atoms with E-state index >= 15 is 0 Å². The monoisotopic (exact) mass is 478 g/mol. The molecule has 1 aliphatic rings. The molecule has 0 atom stereocenters. The molecule has 7 nitrogen and oxygen atoms in total. The molecule has 3 aromatic rings. The first-order chi connectivity index (χ1) is 15.8. The fraction of sp³-hybridized carbons (Fsp3) is 0.0833. The van der Waals surface area contributed by atoms with Gasteiger partial charge in [-0.25, -0.2) is 4.79 Å². The average molecular weight is 479 g/mol. The van der Waals surface area contributed by atoms with E-state index in [4.69, 9.17) is 23.8 Å². The Morgan fingerprint density at radius 3 is 2.48 bits per heavy atom. The van der Waals surface area contributed by atoms with Crippen LogP contribution < -0.4 is 20.9 Å². The van der Waals surface area contributed by atoms with Crippen LogP contribution in [0.25, 0.3) is 0 Å². The Hall–Kier alpha value is -3.75. The second-order valence-corrected chi connectivity index (χ2v) is 8.21. The van der Waals surface area contributed by atoms with Gasteiger partial charge in [-0.05, 0) is 60.6 Å². The normalized spacial score (nSPS) is 12.4. The van der Waals surface area contributed by atoms with Crippen LogP contribution in [0.3, 0.4) is 0 Å². The number of hydrogen-bond acceptors (Lipinski definition) is 4. The lowest BCUT2D eigenvalue weighted by Crippen LogP contribution is -2.37. The molecule has 0 saturated carbocycles. The molecule has 4 rings (SSSR count). The lowest BCUT2D eigenvalue weighted by atomic mass is 10.1. The summed E-state index contributed by atoms with van der Waals surface area (Å²) in [5.74, 6) is -1.28. The quantitative estimate of drug-likeness (QED) is 0.366. The fourth-order valence-corrected chi connectivity index (χ4v) is 3.86. The van der Waals surface area contributed by atoms with E-state index in [1.54, 1.807) is 30.3 Å². The minimum absolute atomic E-state index is 0.125. The molecule has 166 valence electrons. The summed E-state index contributed by atoms with van der Waals surface area (Å²) in [7, 11) is 0. The zero-order valence-electron chi connectivity index (χ0n) is 17.5. The summed E-state index contributed by atoms with van der Waals surface area (Å²) in [6.07, 6.45) is 0. The van der Waals surface area contributed by atoms with Crippen LogP contribution in [0.4, 0.5) is 21.9 Å². The first-order valence-corrected chi connectivity index (χ1v) is 10.8. The lowest BCUT2D eigenvalue weighted by Gasteiger charge is -2.17. The molecule has 0 aliphatic carbocycles. The minimum Gasteiger partial charge on any atom is -0.332 e. The highest BCUT2D eigenvalue weighted by Gasteiger charge is 2.36. The number of nitrogens with one attached hydrogen (secondary N) is 3. The summed E-state index contributed by atoms with van der Waals surface area (Å²) in [4.78, 5) is 38.9. The van der Waals surface area contributed by atoms with Gasteiger partial charge in [0.2, 0.25) is 0 Å². The Bertz CT molecular complexity index is 1290. The summed E-state index contributed by atoms with van der Waals surface area (Å²) < 4.78 is 0. The lowest BCUT2D eigenvalue weighted by molar-refractivity contribution is -0.114. The number of nitrogens with zero attached hydrogens (tertiary/aromatic N) is 1. The van der Waals surface area contributed by atoms with Crippen LogP contribution in [-0.2, 0) is 11.3 Å². The number of fused-ring (bicyclic) bond motifs is 1. The number of amides is 3. The number of aryl methyl sites for hydroxylation is 1. The molecule has 1 heterocycles. The molecule has 0 saturated heterocycles. The molecule has 1 aliphatic heterocycles. The van der Waals surface area contributed by atoms with Gasteiger partial charge < -0.3 is 15.5 Å². The van der Waals surface area contributed by atoms with Gasteiger partial charge >= 0.3 is 6.03 Å². The van der Waals surface area contributed by atoms with Crippen molar-refractivity contribution in [3.63, 3.8) is 0 Å². The SMILES string of the molecule is Cc1ccccc1NC(=S)NC(=O)Nc1ccc2c(c1)C(=O)C(=O)N2Cc1ccccc1Cl. The van der Waals surface area contributed by atoms with Gasteiger partial charge in [0.25, 0.3) is 11.7 Å². The van der Waals surface area contributed by atoms with Crippen molar-refractivity contribution >= 4 is 63.7 Å². The first kappa shape index (κ1) is 22.4. The van der Waals surface area contributed by atoms with Crippen molar-refractivity contribution in [2.45, 2.75) is 13.5 Å². The molecule has 0 spiro atoms. The molecule has 0 unspecified atom stereocenters. The smallest absolute Gasteiger partial charge is 0.325 e. The number of rotatable bonds is 4. The van der Waals surface area contributed by atoms with Crippen LogP contribution in [0.15, 0.2) is 66.7 Å². The van der Waals surface area contributed by atoms with E-state index in [1.165, 1.54) is 11.0 Å². The van der Waals surface area contributed by atoms with E-state index in [-0.39, 0.29) is 17.2 Å². The Balaban J connectivity index is 1.44. The summed E-state index contributed by atoms with van der Waals surface area (Å²) in [5.41, 5.74) is 3.52. The highest BCUT2D eigenvalue weighted by Crippen LogP contribution is 2.33. The van der Waals surface area contributed by atoms with Crippen LogP contribution in [0.5, 0.6) is 0 Å². The second kappa shape index (κ2) is 9.40. The number of ketones is 1. The highest BCUT2D eigenvalue weighted by atomic mass is 35.5. The third kappa shape index (κ3) is 4.87. The Labute approximate surface area is 200 Å². The van der Waals surface area contributed by atoms with Crippen molar-refractivity contribution in [2.75, 3.05) is 15.5 Å². The number of benzene rings is 3. The number of carbonyl (C=O) groups is 3. The number of carbonyl (C=O) groups excluding carboxylic acids is 3. The van der Waals surface area contributed by atoms with E-state index in [1.807, 2.05) is 37.3 Å². The van der Waals surface area contributed by atoms with Gasteiger partial charge in [-0.2, -0.15) is 0 Å². The summed E-state index contributed by atoms with van der Waals surface area (Å²) >= 11 is 11.4. The van der Waals surface area contributed by atoms with Crippen LogP contribution in [0.2, 0.25) is 5.02 Å². The maximum atomic E-state index is 12.6. The van der Waals surface area contributed by atoms with Crippen molar-refractivity contribution in [1.82, 2.24) is 5.32 Å². The summed E-state index contributed by atoms with van der Waals surface area (Å²) in [5, 5.41) is 8.76. The van der Waals surface area contributed by atoms with Gasteiger partial charge in [-0.3, -0.25) is 14.9 Å². The van der Waals surface area contributed by atoms with E-state index in [0.29, 0.717) is 16.4 Å². The predicted octanol–water partition coefficient (Wildman–Crippen LogP) is 4.90. The number of Topliss-reactive ketones (excluding diaryl/α,β-unsaturated/α-hetero) is 1. The molecule has 3 aromatic carbocycles. The zero-order valence-corrected chi connectivity index (χ0v) is 19.1. The van der Waals surface area contributed by atoms with Crippen molar-refractivity contribution in [2.24, 2.45) is 0 Å². The van der Waals surface area contributed by atoms with E-state index in [0.717, 1.165) is 16.8 Å². The molecule has 3 amide bonds. The van der Waals surface area contributed by atoms with Gasteiger partial charge in [0, 0.05) is 16.4 Å². The molecule has 0 radical (unpaired) electrons. The molecule has 0 fully saturated rings. The maximum Gasteiger partial charge on any atom is 0.325 e. The second-order valence-electron chi connectivity index (χ2n) is 7.39. The molecule has 33 heavy (non-hydrogen) atoms. The number of urea groups is 1. The Morgan fingerprint density at radius 1 is 1.00 bits per heavy atom. The van der Waals surface area contributed by atoms with Crippen molar-refractivity contribution in [1.29, 1.82) is 0 Å². The predicted molar refractivity (Wildman–Crippen MR) is 133 cm³/mol. The summed E-state index contributed by atoms with van der Waals surface area (Å²) in [6, 6.07) is 18.8. The third-order valence-electron chi connectivity index (χ3n) is 5.14. The number of hydrogen-bond donors (Lipinski definition) is 3. The molecular formula is C24H19ClN4O3S. The van der Waals surface area contributed by atoms with E-state index in [9.17, 15) is 14.4 Å². The van der Waals surface area contributed by atoms with Crippen molar-refractivity contribution in [3.05, 3.63) is 88.4 Å². The van der Waals surface area contributed by atoms with Gasteiger partial charge in [0.05, 0.1) is 17.8 Å². The Kier molecular flexibility index (Phi) is 6.39. The fourth-order valence-electron chi connectivity index (χ4n) is 3.46. The maximum absolute atomic E-state index is 12.6. The molecule has 3 N–H and O–H groups in total. The van der Waals surface area contributed by atoms with Gasteiger partial charge in [0.15, 0.2) is 5.11 Å². The number of para-hydroxylation sites is 1. The molecule has 9 heteroatoms. The van der Waals surface area contributed by atoms with Crippen LogP contribution in [0, 0.1) is 6.92 Å². The van der Waals surface area contributed by atoms with Gasteiger partial charge in [0.1, 0.15) is 0 Å². The summed E-state index contributed by atoms with van der Waals surface area (Å²) in [6.45, 7) is 2.09. The zero-order chi connectivity index (χ0) is 23.5. The highest BCUT2D eigenvalue weighted by molar-refractivity contribution is 7.80. The van der Waals surface area contributed by atoms with Crippen LogP contribution in [0.1, 0.15) is 21.5 Å². The minimum atomic E-state index is -0.643. The van der Waals surface area contributed by atoms with E-state index in [2.05, 4.69) is 16.0 Å². The third-order valence-corrected chi connectivity index (χ3v) is 5.71. The number of halogens is 1. The standard InChI is InChI=1S/C24H19ClN4O3S/c1-14-6-2-5-9-19(14)27-24(33)28-23(32)26-16-10-11-20-17(12-16)21(30)22(31)29(20)13-15-7-3-4-8-18(15)25/h2-12H,13H2,1H3,(H3,26,27,28,32,33). The van der Waals surface area contributed by atoms with E-state index < -0.39 is 17.7 Å². The van der Waals surface area contributed by atoms with Crippen molar-refractivity contribution in [3.8, 4) is 0 Å². The van der Waals surface area contributed by atoms with Crippen LogP contribution in [-0.4, -0.2) is 22.8 Å². The van der Waals surface area contributed by atoms with Gasteiger partial charge in [-0.15, -0.1) is 0 Å². The first-order valence-electron chi connectivity index (χ1n) is 10.0. The number of anilines is 3. The topological polar surface area (TPSA) is 90.5 Å². The van der Waals surface area contributed by atoms with Crippen LogP contribution >= 0.6 is 23.8 Å². The largest absolute Gasteiger partial charge is 0.332 e. The van der Waals surface area contributed by atoms with Gasteiger partial charge in [-0.1, -0.05) is 48.0 Å². The van der Waals surface area contributed by atoms with Crippen molar-refractivity contribution < 1.29 is 14.4 Å². The number of thiocarbonyl (C=S) groups is 1.